The monoisotopic (exact) mass is 462 g/mol. The molecule has 6 nitrogen and oxygen atoms in total. The quantitative estimate of drug-likeness (QED) is 0.640. The topological polar surface area (TPSA) is 59.4 Å². The smallest absolute Gasteiger partial charge is 0.269 e. The summed E-state index contributed by atoms with van der Waals surface area (Å²) in [6, 6.07) is 9.76. The summed E-state index contributed by atoms with van der Waals surface area (Å²) < 4.78 is 8.11. The Hall–Kier alpha value is -2.09. The lowest BCUT2D eigenvalue weighted by atomic mass is 10.2. The SMILES string of the molecule is Cn1c(C(=O)NCc2ccc(N3CCOCC3)nc2)c(Cl)c2cc(Br)ccc21. The zero-order valence-corrected chi connectivity index (χ0v) is 17.8. The summed E-state index contributed by atoms with van der Waals surface area (Å²) in [5.74, 6) is 0.720. The Kier molecular flexibility index (Phi) is 5.57. The van der Waals surface area contributed by atoms with Gasteiger partial charge in [-0.15, -0.1) is 0 Å². The minimum atomic E-state index is -0.211. The predicted molar refractivity (Wildman–Crippen MR) is 114 cm³/mol. The molecule has 3 heterocycles. The lowest BCUT2D eigenvalue weighted by Crippen LogP contribution is -2.36. The molecule has 8 heteroatoms. The van der Waals surface area contributed by atoms with Crippen LogP contribution in [-0.4, -0.2) is 41.8 Å². The fourth-order valence-corrected chi connectivity index (χ4v) is 4.12. The summed E-state index contributed by atoms with van der Waals surface area (Å²) in [5.41, 5.74) is 2.30. The Labute approximate surface area is 176 Å². The molecule has 1 aromatic carbocycles. The Morgan fingerprint density at radius 1 is 1.29 bits per heavy atom. The number of amides is 1. The number of carbonyl (C=O) groups excluding carboxylic acids is 1. The molecule has 0 saturated carbocycles. The molecule has 28 heavy (non-hydrogen) atoms. The minimum Gasteiger partial charge on any atom is -0.378 e. The second-order valence-electron chi connectivity index (χ2n) is 6.69. The number of ether oxygens (including phenoxy) is 1. The summed E-state index contributed by atoms with van der Waals surface area (Å²) in [6.45, 7) is 3.53. The normalized spacial score (nSPS) is 14.5. The molecular formula is C20H20BrClN4O2. The van der Waals surface area contributed by atoms with Crippen molar-refractivity contribution in [1.82, 2.24) is 14.9 Å². The number of aryl methyl sites for hydroxylation is 1. The lowest BCUT2D eigenvalue weighted by molar-refractivity contribution is 0.0943. The molecule has 4 rings (SSSR count). The van der Waals surface area contributed by atoms with Gasteiger partial charge in [-0.2, -0.15) is 0 Å². The fraction of sp³-hybridized carbons (Fsp3) is 0.300. The first kappa shape index (κ1) is 19.2. The Morgan fingerprint density at radius 3 is 2.79 bits per heavy atom. The van der Waals surface area contributed by atoms with Gasteiger partial charge in [0.05, 0.1) is 18.2 Å². The van der Waals surface area contributed by atoms with Gasteiger partial charge in [0.1, 0.15) is 11.5 Å². The highest BCUT2D eigenvalue weighted by Crippen LogP contribution is 2.32. The van der Waals surface area contributed by atoms with Crippen LogP contribution in [0.2, 0.25) is 5.02 Å². The van der Waals surface area contributed by atoms with Gasteiger partial charge in [0, 0.05) is 48.3 Å². The van der Waals surface area contributed by atoms with Gasteiger partial charge in [0.2, 0.25) is 0 Å². The van der Waals surface area contributed by atoms with Crippen molar-refractivity contribution in [3.05, 3.63) is 57.3 Å². The van der Waals surface area contributed by atoms with Crippen molar-refractivity contribution in [1.29, 1.82) is 0 Å². The van der Waals surface area contributed by atoms with Gasteiger partial charge in [0.15, 0.2) is 0 Å². The third-order valence-electron chi connectivity index (χ3n) is 4.91. The van der Waals surface area contributed by atoms with Crippen LogP contribution in [0.3, 0.4) is 0 Å². The van der Waals surface area contributed by atoms with Gasteiger partial charge in [-0.05, 0) is 29.8 Å². The average molecular weight is 464 g/mol. The van der Waals surface area contributed by atoms with Gasteiger partial charge in [-0.1, -0.05) is 33.6 Å². The van der Waals surface area contributed by atoms with Gasteiger partial charge in [-0.25, -0.2) is 4.98 Å². The zero-order chi connectivity index (χ0) is 19.7. The number of hydrogen-bond acceptors (Lipinski definition) is 4. The summed E-state index contributed by atoms with van der Waals surface area (Å²) in [5, 5.41) is 4.25. The van der Waals surface area contributed by atoms with Crippen molar-refractivity contribution in [3.8, 4) is 0 Å². The van der Waals surface area contributed by atoms with Crippen LogP contribution in [0.1, 0.15) is 16.1 Å². The summed E-state index contributed by atoms with van der Waals surface area (Å²) in [4.78, 5) is 19.5. The lowest BCUT2D eigenvalue weighted by Gasteiger charge is -2.27. The number of nitrogens with one attached hydrogen (secondary N) is 1. The molecule has 3 aromatic rings. The molecule has 0 spiro atoms. The summed E-state index contributed by atoms with van der Waals surface area (Å²) in [6.07, 6.45) is 1.80. The Bertz CT molecular complexity index is 1010. The number of morpholine rings is 1. The second-order valence-corrected chi connectivity index (χ2v) is 7.98. The van der Waals surface area contributed by atoms with E-state index in [4.69, 9.17) is 16.3 Å². The van der Waals surface area contributed by atoms with Crippen molar-refractivity contribution in [2.45, 2.75) is 6.54 Å². The minimum absolute atomic E-state index is 0.211. The van der Waals surface area contributed by atoms with E-state index in [0.29, 0.717) is 17.3 Å². The standard InChI is InChI=1S/C20H20BrClN4O2/c1-25-16-4-3-14(21)10-15(16)18(22)19(25)20(27)24-12-13-2-5-17(23-11-13)26-6-8-28-9-7-26/h2-5,10-11H,6-9,12H2,1H3,(H,24,27). The molecule has 1 fully saturated rings. The highest BCUT2D eigenvalue weighted by molar-refractivity contribution is 9.10. The first-order valence-corrected chi connectivity index (χ1v) is 10.2. The number of hydrogen-bond donors (Lipinski definition) is 1. The number of anilines is 1. The van der Waals surface area contributed by atoms with E-state index in [1.807, 2.05) is 41.9 Å². The van der Waals surface area contributed by atoms with Crippen LogP contribution < -0.4 is 10.2 Å². The van der Waals surface area contributed by atoms with Crippen LogP contribution in [-0.2, 0) is 18.3 Å². The number of pyridine rings is 1. The molecular weight excluding hydrogens is 444 g/mol. The van der Waals surface area contributed by atoms with Gasteiger partial charge in [-0.3, -0.25) is 4.79 Å². The van der Waals surface area contributed by atoms with Crippen LogP contribution in [0.4, 0.5) is 5.82 Å². The van der Waals surface area contributed by atoms with E-state index in [9.17, 15) is 4.79 Å². The number of nitrogens with zero attached hydrogens (tertiary/aromatic N) is 3. The van der Waals surface area contributed by atoms with Crippen molar-refractivity contribution in [3.63, 3.8) is 0 Å². The molecule has 0 unspecified atom stereocenters. The first-order chi connectivity index (χ1) is 13.5. The zero-order valence-electron chi connectivity index (χ0n) is 15.4. The average Bonchev–Trinajstić information content (AvgIpc) is 2.97. The van der Waals surface area contributed by atoms with E-state index in [-0.39, 0.29) is 5.91 Å². The maximum atomic E-state index is 12.8. The molecule has 1 saturated heterocycles. The van der Waals surface area contributed by atoms with Crippen molar-refractivity contribution in [2.75, 3.05) is 31.2 Å². The van der Waals surface area contributed by atoms with Crippen LogP contribution in [0, 0.1) is 0 Å². The number of rotatable bonds is 4. The highest BCUT2D eigenvalue weighted by atomic mass is 79.9. The van der Waals surface area contributed by atoms with E-state index in [1.54, 1.807) is 6.20 Å². The molecule has 146 valence electrons. The summed E-state index contributed by atoms with van der Waals surface area (Å²) >= 11 is 9.93. The van der Waals surface area contributed by atoms with Gasteiger partial charge < -0.3 is 19.5 Å². The Balaban J connectivity index is 1.46. The van der Waals surface area contributed by atoms with Crippen LogP contribution in [0.25, 0.3) is 10.9 Å². The van der Waals surface area contributed by atoms with E-state index >= 15 is 0 Å². The van der Waals surface area contributed by atoms with Crippen molar-refractivity contribution >= 4 is 50.2 Å². The van der Waals surface area contributed by atoms with Crippen molar-refractivity contribution in [2.24, 2.45) is 7.05 Å². The van der Waals surface area contributed by atoms with Crippen LogP contribution in [0.15, 0.2) is 41.0 Å². The number of carbonyl (C=O) groups is 1. The Morgan fingerprint density at radius 2 is 2.07 bits per heavy atom. The largest absolute Gasteiger partial charge is 0.378 e. The molecule has 0 atom stereocenters. The van der Waals surface area contributed by atoms with E-state index in [2.05, 4.69) is 31.1 Å². The number of fused-ring (bicyclic) bond motifs is 1. The van der Waals surface area contributed by atoms with Gasteiger partial charge in [0.25, 0.3) is 5.91 Å². The van der Waals surface area contributed by atoms with E-state index in [1.165, 1.54) is 0 Å². The molecule has 1 amide bonds. The van der Waals surface area contributed by atoms with E-state index < -0.39 is 0 Å². The third kappa shape index (κ3) is 3.74. The molecule has 0 aliphatic carbocycles. The number of aromatic nitrogens is 2. The fourth-order valence-electron chi connectivity index (χ4n) is 3.39. The first-order valence-electron chi connectivity index (χ1n) is 9.04. The maximum absolute atomic E-state index is 12.8. The molecule has 0 radical (unpaired) electrons. The second kappa shape index (κ2) is 8.11. The molecule has 1 aliphatic rings. The molecule has 2 aromatic heterocycles. The molecule has 1 N–H and O–H groups in total. The highest BCUT2D eigenvalue weighted by Gasteiger charge is 2.20. The molecule has 0 bridgehead atoms. The van der Waals surface area contributed by atoms with Crippen LogP contribution in [0.5, 0.6) is 0 Å². The third-order valence-corrected chi connectivity index (χ3v) is 5.79. The van der Waals surface area contributed by atoms with Crippen molar-refractivity contribution < 1.29 is 9.53 Å². The number of halogens is 2. The number of benzene rings is 1. The maximum Gasteiger partial charge on any atom is 0.269 e. The van der Waals surface area contributed by atoms with Gasteiger partial charge >= 0.3 is 0 Å². The predicted octanol–water partition coefficient (Wildman–Crippen LogP) is 3.76. The van der Waals surface area contributed by atoms with Crippen LogP contribution >= 0.6 is 27.5 Å². The van der Waals surface area contributed by atoms with E-state index in [0.717, 1.165) is 53.1 Å². The molecule has 1 aliphatic heterocycles. The summed E-state index contributed by atoms with van der Waals surface area (Å²) in [7, 11) is 1.84.